The van der Waals surface area contributed by atoms with Crippen molar-refractivity contribution >= 4 is 23.3 Å². The fourth-order valence-corrected chi connectivity index (χ4v) is 2.40. The third kappa shape index (κ3) is 4.87. The number of hydrogen-bond donors (Lipinski definition) is 3. The van der Waals surface area contributed by atoms with Crippen LogP contribution in [-0.2, 0) is 0 Å². The molecule has 0 bridgehead atoms. The molecule has 2 aromatic rings. The van der Waals surface area contributed by atoms with Crippen LogP contribution >= 0.6 is 11.6 Å². The van der Waals surface area contributed by atoms with Crippen molar-refractivity contribution < 1.29 is 14.6 Å². The fraction of sp³-hybridized carbons (Fsp3) is 0.235. The number of methoxy groups -OCH3 is 1. The Morgan fingerprint density at radius 2 is 2.00 bits per heavy atom. The highest BCUT2D eigenvalue weighted by atomic mass is 35.5. The van der Waals surface area contributed by atoms with Crippen molar-refractivity contribution in [2.45, 2.75) is 12.5 Å². The van der Waals surface area contributed by atoms with E-state index in [4.69, 9.17) is 16.3 Å². The molecular weight excluding hydrogens is 316 g/mol. The van der Waals surface area contributed by atoms with Crippen LogP contribution in [0.4, 0.5) is 10.5 Å². The van der Waals surface area contributed by atoms with Crippen LogP contribution in [0.2, 0.25) is 5.02 Å². The quantitative estimate of drug-likeness (QED) is 0.756. The van der Waals surface area contributed by atoms with Crippen LogP contribution in [0.5, 0.6) is 5.75 Å². The summed E-state index contributed by atoms with van der Waals surface area (Å²) in [5.74, 6) is 0.614. The number of hydrogen-bond acceptors (Lipinski definition) is 3. The highest BCUT2D eigenvalue weighted by Crippen LogP contribution is 2.26. The van der Waals surface area contributed by atoms with Gasteiger partial charge in [-0.2, -0.15) is 0 Å². The third-order valence-electron chi connectivity index (χ3n) is 3.35. The number of ether oxygens (including phenoxy) is 1. The highest BCUT2D eigenvalue weighted by molar-refractivity contribution is 6.33. The largest absolute Gasteiger partial charge is 0.497 e. The van der Waals surface area contributed by atoms with E-state index in [1.54, 1.807) is 25.3 Å². The van der Waals surface area contributed by atoms with Gasteiger partial charge >= 0.3 is 6.03 Å². The number of carbonyl (C=O) groups is 1. The van der Waals surface area contributed by atoms with Gasteiger partial charge in [0.05, 0.1) is 23.9 Å². The monoisotopic (exact) mass is 334 g/mol. The minimum absolute atomic E-state index is 0.0247. The number of urea groups is 1. The van der Waals surface area contributed by atoms with Gasteiger partial charge < -0.3 is 20.5 Å². The van der Waals surface area contributed by atoms with E-state index in [1.165, 1.54) is 0 Å². The molecule has 0 aliphatic heterocycles. The first-order chi connectivity index (χ1) is 11.1. The zero-order chi connectivity index (χ0) is 16.7. The Morgan fingerprint density at radius 1 is 1.26 bits per heavy atom. The lowest BCUT2D eigenvalue weighted by Crippen LogP contribution is -2.33. The molecule has 0 saturated carbocycles. The molecular formula is C17H19ClN2O3. The molecule has 2 aromatic carbocycles. The van der Waals surface area contributed by atoms with E-state index in [9.17, 15) is 9.90 Å². The second kappa shape index (κ2) is 8.41. The Labute approximate surface area is 140 Å². The number of rotatable bonds is 6. The number of nitrogens with one attached hydrogen (secondary N) is 2. The van der Waals surface area contributed by atoms with E-state index in [0.717, 1.165) is 5.56 Å². The van der Waals surface area contributed by atoms with Crippen LogP contribution < -0.4 is 15.4 Å². The van der Waals surface area contributed by atoms with Gasteiger partial charge in [-0.3, -0.25) is 0 Å². The van der Waals surface area contributed by atoms with E-state index in [2.05, 4.69) is 10.6 Å². The van der Waals surface area contributed by atoms with Crippen LogP contribution in [0.1, 0.15) is 18.0 Å². The number of benzene rings is 2. The topological polar surface area (TPSA) is 70.6 Å². The summed E-state index contributed by atoms with van der Waals surface area (Å²) in [5.41, 5.74) is 1.42. The predicted molar refractivity (Wildman–Crippen MR) is 91.0 cm³/mol. The van der Waals surface area contributed by atoms with Crippen LogP contribution in [0.3, 0.4) is 0 Å². The molecule has 6 heteroatoms. The summed E-state index contributed by atoms with van der Waals surface area (Å²) in [5, 5.41) is 15.1. The van der Waals surface area contributed by atoms with Crippen LogP contribution in [-0.4, -0.2) is 24.9 Å². The van der Waals surface area contributed by atoms with E-state index < -0.39 is 0 Å². The molecule has 0 aliphatic carbocycles. The molecule has 122 valence electrons. The van der Waals surface area contributed by atoms with Crippen molar-refractivity contribution in [1.29, 1.82) is 0 Å². The zero-order valence-electron chi connectivity index (χ0n) is 12.8. The van der Waals surface area contributed by atoms with Gasteiger partial charge in [0.15, 0.2) is 0 Å². The number of carbonyl (C=O) groups excluding carboxylic acids is 1. The second-order valence-electron chi connectivity index (χ2n) is 4.92. The van der Waals surface area contributed by atoms with Gasteiger partial charge in [0, 0.05) is 12.7 Å². The van der Waals surface area contributed by atoms with E-state index >= 15 is 0 Å². The summed E-state index contributed by atoms with van der Waals surface area (Å²) >= 11 is 6.10. The van der Waals surface area contributed by atoms with Gasteiger partial charge in [0.2, 0.25) is 0 Å². The molecule has 0 spiro atoms. The number of halogens is 1. The smallest absolute Gasteiger partial charge is 0.319 e. The molecule has 1 atom stereocenters. The minimum Gasteiger partial charge on any atom is -0.497 e. The molecule has 0 aliphatic rings. The van der Waals surface area contributed by atoms with E-state index in [-0.39, 0.29) is 18.7 Å². The van der Waals surface area contributed by atoms with Crippen molar-refractivity contribution in [1.82, 2.24) is 5.32 Å². The van der Waals surface area contributed by atoms with E-state index in [1.807, 2.05) is 30.3 Å². The first kappa shape index (κ1) is 17.1. The second-order valence-corrected chi connectivity index (χ2v) is 5.33. The molecule has 5 nitrogen and oxygen atoms in total. The van der Waals surface area contributed by atoms with Crippen molar-refractivity contribution in [3.63, 3.8) is 0 Å². The average molecular weight is 335 g/mol. The SMILES string of the molecule is COc1ccc(NC(=O)N[C@H](CCO)c2ccccc2)c(Cl)c1. The molecule has 0 fully saturated rings. The first-order valence-corrected chi connectivity index (χ1v) is 7.58. The predicted octanol–water partition coefficient (Wildman–Crippen LogP) is 3.59. The molecule has 2 amide bonds. The number of aliphatic hydroxyl groups excluding tert-OH is 1. The maximum Gasteiger partial charge on any atom is 0.319 e. The van der Waals surface area contributed by atoms with Crippen LogP contribution in [0.15, 0.2) is 48.5 Å². The molecule has 3 N–H and O–H groups in total. The first-order valence-electron chi connectivity index (χ1n) is 7.21. The lowest BCUT2D eigenvalue weighted by Gasteiger charge is -2.19. The highest BCUT2D eigenvalue weighted by Gasteiger charge is 2.15. The van der Waals surface area contributed by atoms with Gasteiger partial charge in [-0.05, 0) is 24.1 Å². The Bertz CT molecular complexity index is 650. The summed E-state index contributed by atoms with van der Waals surface area (Å²) in [4.78, 5) is 12.2. The Morgan fingerprint density at radius 3 is 2.61 bits per heavy atom. The normalized spacial score (nSPS) is 11.6. The summed E-state index contributed by atoms with van der Waals surface area (Å²) < 4.78 is 5.07. The molecule has 0 heterocycles. The molecule has 0 saturated heterocycles. The summed E-state index contributed by atoms with van der Waals surface area (Å²) in [6.45, 7) is -0.0247. The average Bonchev–Trinajstić information content (AvgIpc) is 2.57. The van der Waals surface area contributed by atoms with Crippen molar-refractivity contribution in [3.05, 3.63) is 59.1 Å². The van der Waals surface area contributed by atoms with Crippen LogP contribution in [0.25, 0.3) is 0 Å². The third-order valence-corrected chi connectivity index (χ3v) is 3.66. The summed E-state index contributed by atoms with van der Waals surface area (Å²) in [6, 6.07) is 13.8. The van der Waals surface area contributed by atoms with Gasteiger partial charge in [-0.25, -0.2) is 4.79 Å². The number of aliphatic hydroxyl groups is 1. The lowest BCUT2D eigenvalue weighted by atomic mass is 10.0. The van der Waals surface area contributed by atoms with E-state index in [0.29, 0.717) is 22.9 Å². The zero-order valence-corrected chi connectivity index (χ0v) is 13.5. The fourth-order valence-electron chi connectivity index (χ4n) is 2.18. The van der Waals surface area contributed by atoms with Gasteiger partial charge in [-0.1, -0.05) is 41.9 Å². The molecule has 23 heavy (non-hydrogen) atoms. The Kier molecular flexibility index (Phi) is 6.26. The van der Waals surface area contributed by atoms with Gasteiger partial charge in [0.25, 0.3) is 0 Å². The Balaban J connectivity index is 2.05. The maximum absolute atomic E-state index is 12.2. The standard InChI is InChI=1S/C17H19ClN2O3/c1-23-13-7-8-16(14(18)11-13)20-17(22)19-15(9-10-21)12-5-3-2-4-6-12/h2-8,11,15,21H,9-10H2,1H3,(H2,19,20,22)/t15-/m1/s1. The molecule has 0 radical (unpaired) electrons. The summed E-state index contributed by atoms with van der Waals surface area (Å²) in [7, 11) is 1.55. The molecule has 0 aromatic heterocycles. The maximum atomic E-state index is 12.2. The lowest BCUT2D eigenvalue weighted by molar-refractivity contribution is 0.239. The number of anilines is 1. The molecule has 2 rings (SSSR count). The number of amides is 2. The molecule has 0 unspecified atom stereocenters. The van der Waals surface area contributed by atoms with Crippen molar-refractivity contribution in [3.8, 4) is 5.75 Å². The minimum atomic E-state index is -0.389. The van der Waals surface area contributed by atoms with Crippen molar-refractivity contribution in [2.24, 2.45) is 0 Å². The van der Waals surface area contributed by atoms with Crippen molar-refractivity contribution in [2.75, 3.05) is 19.0 Å². The van der Waals surface area contributed by atoms with Gasteiger partial charge in [0.1, 0.15) is 5.75 Å². The Hall–Kier alpha value is -2.24. The van der Waals surface area contributed by atoms with Gasteiger partial charge in [-0.15, -0.1) is 0 Å². The van der Waals surface area contributed by atoms with Crippen LogP contribution in [0, 0.1) is 0 Å². The summed E-state index contributed by atoms with van der Waals surface area (Å²) in [6.07, 6.45) is 0.424.